The minimum Gasteiger partial charge on any atom is -0.384 e. The molecule has 0 aliphatic carbocycles. The van der Waals surface area contributed by atoms with Gasteiger partial charge in [-0.3, -0.25) is 4.79 Å². The molecule has 1 fully saturated rings. The standard InChI is InChI=1S/C16H25N3O/c1-4-8-17-14-5-6-15(18-11-14)16(20)19-9-7-12(2)10-13(19)3/h5-6,11-13,17H,4,7-10H2,1-3H3. The highest BCUT2D eigenvalue weighted by Gasteiger charge is 2.27. The van der Waals surface area contributed by atoms with E-state index in [1.807, 2.05) is 17.0 Å². The van der Waals surface area contributed by atoms with E-state index < -0.39 is 0 Å². The van der Waals surface area contributed by atoms with Crippen LogP contribution in [0.25, 0.3) is 0 Å². The molecule has 20 heavy (non-hydrogen) atoms. The Morgan fingerprint density at radius 2 is 2.25 bits per heavy atom. The third-order valence-electron chi connectivity index (χ3n) is 3.96. The maximum atomic E-state index is 12.5. The summed E-state index contributed by atoms with van der Waals surface area (Å²) < 4.78 is 0. The first kappa shape index (κ1) is 14.8. The molecular formula is C16H25N3O. The van der Waals surface area contributed by atoms with Crippen LogP contribution < -0.4 is 5.32 Å². The van der Waals surface area contributed by atoms with E-state index in [9.17, 15) is 4.79 Å². The molecule has 110 valence electrons. The SMILES string of the molecule is CCCNc1ccc(C(=O)N2CCC(C)CC2C)nc1. The molecule has 1 saturated heterocycles. The molecule has 0 bridgehead atoms. The van der Waals surface area contributed by atoms with Crippen LogP contribution in [0.2, 0.25) is 0 Å². The van der Waals surface area contributed by atoms with Gasteiger partial charge in [0.25, 0.3) is 5.91 Å². The Bertz CT molecular complexity index is 444. The molecule has 1 amide bonds. The van der Waals surface area contributed by atoms with Crippen LogP contribution >= 0.6 is 0 Å². The number of aromatic nitrogens is 1. The number of hydrogen-bond donors (Lipinski definition) is 1. The van der Waals surface area contributed by atoms with Crippen molar-refractivity contribution in [2.75, 3.05) is 18.4 Å². The molecular weight excluding hydrogens is 250 g/mol. The third-order valence-corrected chi connectivity index (χ3v) is 3.96. The van der Waals surface area contributed by atoms with Gasteiger partial charge in [0.2, 0.25) is 0 Å². The van der Waals surface area contributed by atoms with Crippen molar-refractivity contribution in [2.24, 2.45) is 5.92 Å². The van der Waals surface area contributed by atoms with Gasteiger partial charge < -0.3 is 10.2 Å². The summed E-state index contributed by atoms with van der Waals surface area (Å²) in [6, 6.07) is 4.07. The largest absolute Gasteiger partial charge is 0.384 e. The van der Waals surface area contributed by atoms with Gasteiger partial charge in [-0.2, -0.15) is 0 Å². The molecule has 1 N–H and O–H groups in total. The molecule has 0 spiro atoms. The van der Waals surface area contributed by atoms with Gasteiger partial charge in [-0.1, -0.05) is 13.8 Å². The molecule has 1 aliphatic rings. The number of nitrogens with one attached hydrogen (secondary N) is 1. The Balaban J connectivity index is 2.01. The summed E-state index contributed by atoms with van der Waals surface area (Å²) in [5.74, 6) is 0.772. The number of carbonyl (C=O) groups is 1. The van der Waals surface area contributed by atoms with Crippen LogP contribution in [0.15, 0.2) is 18.3 Å². The Morgan fingerprint density at radius 3 is 2.85 bits per heavy atom. The van der Waals surface area contributed by atoms with Gasteiger partial charge in [0.1, 0.15) is 5.69 Å². The van der Waals surface area contributed by atoms with Crippen molar-refractivity contribution in [3.05, 3.63) is 24.0 Å². The van der Waals surface area contributed by atoms with Crippen LogP contribution in [-0.2, 0) is 0 Å². The van der Waals surface area contributed by atoms with Gasteiger partial charge in [0, 0.05) is 19.1 Å². The van der Waals surface area contributed by atoms with E-state index in [1.54, 1.807) is 6.20 Å². The Morgan fingerprint density at radius 1 is 1.45 bits per heavy atom. The van der Waals surface area contributed by atoms with Gasteiger partial charge in [-0.05, 0) is 44.2 Å². The van der Waals surface area contributed by atoms with Gasteiger partial charge in [0.15, 0.2) is 0 Å². The lowest BCUT2D eigenvalue weighted by atomic mass is 9.93. The van der Waals surface area contributed by atoms with E-state index in [0.717, 1.165) is 38.0 Å². The van der Waals surface area contributed by atoms with Crippen LogP contribution in [0.4, 0.5) is 5.69 Å². The van der Waals surface area contributed by atoms with E-state index >= 15 is 0 Å². The monoisotopic (exact) mass is 275 g/mol. The fourth-order valence-electron chi connectivity index (χ4n) is 2.75. The first-order valence-electron chi connectivity index (χ1n) is 7.62. The maximum absolute atomic E-state index is 12.5. The highest BCUT2D eigenvalue weighted by Crippen LogP contribution is 2.23. The minimum atomic E-state index is 0.0615. The Hall–Kier alpha value is -1.58. The van der Waals surface area contributed by atoms with Crippen molar-refractivity contribution in [1.82, 2.24) is 9.88 Å². The molecule has 0 aromatic carbocycles. The molecule has 1 aliphatic heterocycles. The lowest BCUT2D eigenvalue weighted by Crippen LogP contribution is -2.44. The quantitative estimate of drug-likeness (QED) is 0.918. The molecule has 0 saturated carbocycles. The van der Waals surface area contributed by atoms with Crippen LogP contribution in [0, 0.1) is 5.92 Å². The molecule has 2 unspecified atom stereocenters. The maximum Gasteiger partial charge on any atom is 0.272 e. The predicted molar refractivity (Wildman–Crippen MR) is 81.9 cm³/mol. The third kappa shape index (κ3) is 3.50. The Kier molecular flexibility index (Phi) is 4.99. The van der Waals surface area contributed by atoms with Crippen LogP contribution in [0.5, 0.6) is 0 Å². The van der Waals surface area contributed by atoms with Gasteiger partial charge >= 0.3 is 0 Å². The Labute approximate surface area is 121 Å². The molecule has 4 heteroatoms. The summed E-state index contributed by atoms with van der Waals surface area (Å²) in [5.41, 5.74) is 1.53. The van der Waals surface area contributed by atoms with E-state index in [0.29, 0.717) is 17.7 Å². The van der Waals surface area contributed by atoms with E-state index in [4.69, 9.17) is 0 Å². The van der Waals surface area contributed by atoms with Gasteiger partial charge in [-0.15, -0.1) is 0 Å². The number of anilines is 1. The second-order valence-electron chi connectivity index (χ2n) is 5.84. The summed E-state index contributed by atoms with van der Waals surface area (Å²) >= 11 is 0. The van der Waals surface area contributed by atoms with Crippen LogP contribution in [0.3, 0.4) is 0 Å². The second kappa shape index (κ2) is 6.73. The lowest BCUT2D eigenvalue weighted by Gasteiger charge is -2.36. The van der Waals surface area contributed by atoms with Crippen molar-refractivity contribution >= 4 is 11.6 Å². The molecule has 0 radical (unpaired) electrons. The lowest BCUT2D eigenvalue weighted by molar-refractivity contribution is 0.0582. The summed E-state index contributed by atoms with van der Waals surface area (Å²) in [4.78, 5) is 18.8. The minimum absolute atomic E-state index is 0.0615. The number of rotatable bonds is 4. The first-order valence-corrected chi connectivity index (χ1v) is 7.62. The fourth-order valence-corrected chi connectivity index (χ4v) is 2.75. The molecule has 2 atom stereocenters. The van der Waals surface area contributed by atoms with Gasteiger partial charge in [0.05, 0.1) is 11.9 Å². The average molecular weight is 275 g/mol. The smallest absolute Gasteiger partial charge is 0.272 e. The summed E-state index contributed by atoms with van der Waals surface area (Å²) in [5, 5.41) is 3.27. The van der Waals surface area contributed by atoms with Crippen molar-refractivity contribution in [3.63, 3.8) is 0 Å². The number of carbonyl (C=O) groups excluding carboxylic acids is 1. The number of amides is 1. The van der Waals surface area contributed by atoms with Crippen molar-refractivity contribution in [3.8, 4) is 0 Å². The predicted octanol–water partition coefficient (Wildman–Crippen LogP) is 3.16. The summed E-state index contributed by atoms with van der Waals surface area (Å²) in [6.45, 7) is 8.28. The number of likely N-dealkylation sites (tertiary alicyclic amines) is 1. The fraction of sp³-hybridized carbons (Fsp3) is 0.625. The molecule has 1 aromatic heterocycles. The van der Waals surface area contributed by atoms with Crippen LogP contribution in [0.1, 0.15) is 50.5 Å². The zero-order valence-corrected chi connectivity index (χ0v) is 12.7. The molecule has 2 heterocycles. The van der Waals surface area contributed by atoms with Crippen molar-refractivity contribution in [1.29, 1.82) is 0 Å². The van der Waals surface area contributed by atoms with Crippen LogP contribution in [-0.4, -0.2) is 34.9 Å². The van der Waals surface area contributed by atoms with E-state index in [-0.39, 0.29) is 5.91 Å². The molecule has 2 rings (SSSR count). The zero-order chi connectivity index (χ0) is 14.5. The van der Waals surface area contributed by atoms with Crippen molar-refractivity contribution < 1.29 is 4.79 Å². The van der Waals surface area contributed by atoms with E-state index in [2.05, 4.69) is 31.1 Å². The zero-order valence-electron chi connectivity index (χ0n) is 12.7. The highest BCUT2D eigenvalue weighted by molar-refractivity contribution is 5.92. The number of piperidine rings is 1. The number of hydrogen-bond acceptors (Lipinski definition) is 3. The molecule has 1 aromatic rings. The van der Waals surface area contributed by atoms with E-state index in [1.165, 1.54) is 0 Å². The summed E-state index contributed by atoms with van der Waals surface area (Å²) in [6.07, 6.45) is 5.00. The number of pyridine rings is 1. The normalized spacial score (nSPS) is 22.6. The number of nitrogens with zero attached hydrogens (tertiary/aromatic N) is 2. The summed E-state index contributed by atoms with van der Waals surface area (Å²) in [7, 11) is 0. The topological polar surface area (TPSA) is 45.2 Å². The highest BCUT2D eigenvalue weighted by atomic mass is 16.2. The van der Waals surface area contributed by atoms with Crippen molar-refractivity contribution in [2.45, 2.75) is 46.1 Å². The molecule has 4 nitrogen and oxygen atoms in total. The second-order valence-corrected chi connectivity index (χ2v) is 5.84. The van der Waals surface area contributed by atoms with Gasteiger partial charge in [-0.25, -0.2) is 4.98 Å². The first-order chi connectivity index (χ1) is 9.61. The average Bonchev–Trinajstić information content (AvgIpc) is 2.45.